The van der Waals surface area contributed by atoms with Gasteiger partial charge in [0.1, 0.15) is 23.8 Å². The molecule has 4 heterocycles. The molecule has 0 unspecified atom stereocenters. The van der Waals surface area contributed by atoms with Crippen LogP contribution in [0.3, 0.4) is 0 Å². The molecule has 6 N–H and O–H groups in total. The van der Waals surface area contributed by atoms with E-state index in [1.165, 1.54) is 28.9 Å². The molecule has 17 aromatic rings. The maximum Gasteiger partial charge on any atom is 0.494 e. The van der Waals surface area contributed by atoms with Gasteiger partial charge < -0.3 is 31.3 Å². The largest absolute Gasteiger partial charge is 0.494 e. The van der Waals surface area contributed by atoms with Gasteiger partial charge in [0.25, 0.3) is 16.6 Å². The molecular formula is C105H99BBr6ClN11O8. The molecule has 0 atom stereocenters. The average Bonchev–Trinajstić information content (AvgIpc) is 1.61. The van der Waals surface area contributed by atoms with E-state index in [0.717, 1.165) is 157 Å². The number of nitro groups is 2. The number of aryl methyl sites for hydroxylation is 3. The molecule has 0 aliphatic carbocycles. The normalized spacial score (nSPS) is 11.8. The number of imidazole rings is 3. The summed E-state index contributed by atoms with van der Waals surface area (Å²) in [6.45, 7) is 16.5. The van der Waals surface area contributed by atoms with Gasteiger partial charge in [0, 0.05) is 117 Å². The molecule has 14 aromatic carbocycles. The van der Waals surface area contributed by atoms with E-state index in [9.17, 15) is 29.8 Å². The molecule has 0 bridgehead atoms. The number of para-hydroxylation sites is 5. The van der Waals surface area contributed by atoms with E-state index in [1.807, 2.05) is 153 Å². The number of hydrogen-bond donors (Lipinski definition) is 3. The molecular weight excluding hydrogens is 2070 g/mol. The number of rotatable bonds is 16. The van der Waals surface area contributed by atoms with E-state index in [2.05, 4.69) is 303 Å². The third-order valence-corrected chi connectivity index (χ3v) is 24.3. The van der Waals surface area contributed by atoms with E-state index < -0.39 is 10.2 Å². The van der Waals surface area contributed by atoms with Crippen LogP contribution in [-0.4, -0.2) is 68.3 Å². The Hall–Kier alpha value is -11.8. The van der Waals surface area contributed by atoms with E-state index in [1.54, 1.807) is 36.4 Å². The van der Waals surface area contributed by atoms with Crippen molar-refractivity contribution in [2.24, 2.45) is 0 Å². The molecule has 3 aromatic heterocycles. The van der Waals surface area contributed by atoms with Gasteiger partial charge in [0.15, 0.2) is 0 Å². The molecule has 27 heteroatoms. The topological polar surface area (TPSA) is 270 Å². The van der Waals surface area contributed by atoms with Crippen molar-refractivity contribution < 1.29 is 28.7 Å². The van der Waals surface area contributed by atoms with Crippen LogP contribution in [0.25, 0.3) is 61.3 Å². The summed E-state index contributed by atoms with van der Waals surface area (Å²) in [5.41, 5.74) is 37.1. The van der Waals surface area contributed by atoms with Crippen molar-refractivity contribution in [2.45, 2.75) is 105 Å². The Labute approximate surface area is 825 Å². The highest BCUT2D eigenvalue weighted by atomic mass is 79.9. The molecule has 0 amide bonds. The van der Waals surface area contributed by atoms with Crippen molar-refractivity contribution in [2.75, 3.05) is 17.2 Å². The number of anilines is 3. The fraction of sp³-hybridized carbons (Fsp3) is 0.152. The van der Waals surface area contributed by atoms with Crippen LogP contribution in [0.5, 0.6) is 0 Å². The first kappa shape index (κ1) is 102. The van der Waals surface area contributed by atoms with Crippen LogP contribution in [0.1, 0.15) is 112 Å². The minimum absolute atomic E-state index is 0.0689. The van der Waals surface area contributed by atoms with E-state index in [4.69, 9.17) is 53.1 Å². The monoisotopic (exact) mass is 2160 g/mol. The van der Waals surface area contributed by atoms with E-state index in [0.29, 0.717) is 27.4 Å². The Bertz CT molecular complexity index is 6670. The lowest BCUT2D eigenvalue weighted by atomic mass is 9.79. The third-order valence-electron chi connectivity index (χ3n) is 20.9. The van der Waals surface area contributed by atoms with Crippen LogP contribution < -0.4 is 22.7 Å². The Morgan fingerprint density at radius 1 is 0.417 bits per heavy atom. The summed E-state index contributed by atoms with van der Waals surface area (Å²) < 4.78 is 23.9. The Morgan fingerprint density at radius 2 is 0.795 bits per heavy atom. The quantitative estimate of drug-likeness (QED) is 0.0203. The van der Waals surface area contributed by atoms with Gasteiger partial charge in [-0.25, -0.2) is 15.0 Å². The van der Waals surface area contributed by atoms with Crippen LogP contribution in [-0.2, 0) is 46.2 Å². The highest BCUT2D eigenvalue weighted by Crippen LogP contribution is 2.38. The van der Waals surface area contributed by atoms with Gasteiger partial charge in [-0.2, -0.15) is 0 Å². The van der Waals surface area contributed by atoms with Crippen molar-refractivity contribution in [3.8, 4) is 28.2 Å². The van der Waals surface area contributed by atoms with Crippen molar-refractivity contribution in [3.63, 3.8) is 0 Å². The Kier molecular flexibility index (Phi) is 38.9. The lowest BCUT2D eigenvalue weighted by Crippen LogP contribution is -2.41. The summed E-state index contributed by atoms with van der Waals surface area (Å²) in [5, 5.41) is 20.8. The van der Waals surface area contributed by atoms with Gasteiger partial charge in [0.05, 0.1) is 58.6 Å². The summed E-state index contributed by atoms with van der Waals surface area (Å²) in [5.74, 6) is 3.21. The zero-order chi connectivity index (χ0) is 95.0. The van der Waals surface area contributed by atoms with Gasteiger partial charge >= 0.3 is 7.12 Å². The molecule has 1 saturated heterocycles. The number of nitrogen functional groups attached to an aromatic ring is 3. The van der Waals surface area contributed by atoms with E-state index in [-0.39, 0.29) is 34.6 Å². The Morgan fingerprint density at radius 3 is 1.21 bits per heavy atom. The number of nitrogens with zero attached hydrogens (tertiary/aromatic N) is 8. The number of carbonyl (C=O) groups excluding carboxylic acids is 2. The predicted octanol–water partition coefficient (Wildman–Crippen LogP) is 28.5. The van der Waals surface area contributed by atoms with Crippen molar-refractivity contribution in [1.82, 2.24) is 28.7 Å². The highest BCUT2D eigenvalue weighted by Gasteiger charge is 2.52. The van der Waals surface area contributed by atoms with Crippen molar-refractivity contribution >= 4 is 193 Å². The molecule has 0 spiro atoms. The molecule has 1 fully saturated rings. The number of nitrogens with two attached hydrogens (primary N) is 3. The fourth-order valence-electron chi connectivity index (χ4n) is 13.6. The minimum Gasteiger partial charge on any atom is -0.399 e. The van der Waals surface area contributed by atoms with Gasteiger partial charge in [-0.05, 0) is 229 Å². The lowest BCUT2D eigenvalue weighted by molar-refractivity contribution is -0.385. The average molecular weight is 2170 g/mol. The number of halogens is 7. The smallest absolute Gasteiger partial charge is 0.399 e. The van der Waals surface area contributed by atoms with Crippen LogP contribution in [0.15, 0.2) is 367 Å². The number of carbonyl (C=O) groups is 2. The lowest BCUT2D eigenvalue weighted by Gasteiger charge is -2.32. The molecule has 132 heavy (non-hydrogen) atoms. The van der Waals surface area contributed by atoms with Crippen LogP contribution in [0.2, 0.25) is 0 Å². The van der Waals surface area contributed by atoms with Crippen molar-refractivity contribution in [1.29, 1.82) is 0 Å². The summed E-state index contributed by atoms with van der Waals surface area (Å²) in [7, 11) is -0.364. The number of aldehydes is 1. The molecule has 19 nitrogen and oxygen atoms in total. The molecule has 0 saturated carbocycles. The highest BCUT2D eigenvalue weighted by molar-refractivity contribution is 9.11. The number of benzene rings is 14. The number of aromatic nitrogens is 6. The second kappa shape index (κ2) is 50.2. The summed E-state index contributed by atoms with van der Waals surface area (Å²) >= 11 is 24.8. The molecule has 18 rings (SSSR count). The standard InChI is InChI=1S/C21H25BN2O2.C21H19N3.C15H13BrN2.C13H10BrNO2.C13H12BrN.C7H4BrClO.C6H3Br2NO2.C6H7N.C3H6O/c1-6-19-23-17-14-15(22-25-20(2,3)21(4,5)26-22)12-13-18(17)24(19)16-10-8-7-9-11-16;1-2-21-23-19-14-15(17-10-6-7-11-18(17)22)12-13-20(19)24(21)16-8-4-3-5-9-16;1-2-15-17-13-10-11(16)8-9-14(13)18(15)12-6-4-3-5-7-12;14-12-7-6-11(13(9-12)15(16)17)8-10-4-2-1-3-5-10;14-12-7-6-11(13(15)9-12)8-10-4-2-1-3-5-10;8-6-3-1-2-5(4-6)7(9)10;7-4-1-2-5(8)6(3-4)9(10)11;7-6-4-2-1-3-5-6;1-2-3-4/h7-14H,6H2,1-5H3;3-14H,2,22H2,1H3;3-10H,2H2,1H3;1-7,9H,8H2;1-7,9H,8,15H2;1-4H;1-3H;1-5H,7H2;3H,2H2,1H3. The maximum absolute atomic E-state index is 10.9. The zero-order valence-corrected chi connectivity index (χ0v) is 84.2. The van der Waals surface area contributed by atoms with Crippen LogP contribution in [0.4, 0.5) is 28.4 Å². The number of fused-ring (bicyclic) bond motifs is 3. The molecule has 674 valence electrons. The first-order valence-corrected chi connectivity index (χ1v) is 47.5. The number of nitro benzene ring substituents is 2. The SMILES string of the molecule is CCC=O.CCc1nc2cc(-c3ccccc3N)ccc2n1-c1ccccc1.CCc1nc2cc(B3OC(C)(C)C(C)(C)O3)ccc2n1-c1ccccc1.CCc1nc2cc(Br)ccc2n1-c1ccccc1.Nc1cc(Br)ccc1Cc1ccccc1.Nc1ccccc1.O=C(Cl)c1cccc(Br)c1.O=[N+]([O-])c1cc(Br)ccc1Br.O=[N+]([O-])c1cc(Br)ccc1Cc1ccccc1. The minimum atomic E-state index is -0.436. The molecule has 1 aliphatic heterocycles. The van der Waals surface area contributed by atoms with Gasteiger partial charge in [-0.1, -0.05) is 295 Å². The molecule has 1 aliphatic rings. The van der Waals surface area contributed by atoms with Crippen LogP contribution in [0, 0.1) is 20.2 Å². The number of hydrogen-bond acceptors (Lipinski definition) is 14. The third kappa shape index (κ3) is 28.8. The van der Waals surface area contributed by atoms with Gasteiger partial charge in [-0.3, -0.25) is 38.7 Å². The van der Waals surface area contributed by atoms with Gasteiger partial charge in [-0.15, -0.1) is 0 Å². The summed E-state index contributed by atoms with van der Waals surface area (Å²) in [6.07, 6.45) is 5.65. The second-order valence-corrected chi connectivity index (χ2v) is 36.5. The predicted molar refractivity (Wildman–Crippen MR) is 562 cm³/mol. The van der Waals surface area contributed by atoms with Crippen molar-refractivity contribution in [3.05, 3.63) is 432 Å². The van der Waals surface area contributed by atoms with Crippen LogP contribution >= 0.6 is 107 Å². The molecule has 0 radical (unpaired) electrons. The zero-order valence-electron chi connectivity index (χ0n) is 74.0. The first-order valence-electron chi connectivity index (χ1n) is 42.3. The summed E-state index contributed by atoms with van der Waals surface area (Å²) in [4.78, 5) is 54.6. The fourth-order valence-corrected chi connectivity index (χ4v) is 16.0. The maximum atomic E-state index is 10.9. The summed E-state index contributed by atoms with van der Waals surface area (Å²) in [6, 6.07) is 110. The van der Waals surface area contributed by atoms with Gasteiger partial charge in [0.2, 0.25) is 0 Å². The van der Waals surface area contributed by atoms with E-state index >= 15 is 0 Å². The second-order valence-electron chi connectivity index (χ2n) is 30.7. The first-order chi connectivity index (χ1) is 63.4. The Balaban J connectivity index is 0.000000160.